The van der Waals surface area contributed by atoms with Crippen LogP contribution in [0.15, 0.2) is 0 Å². The van der Waals surface area contributed by atoms with Crippen molar-refractivity contribution in [3.8, 4) is 0 Å². The SMILES string of the molecule is C[C@H]1C(=O)N(C)C[C@H]2CN(CC(=O)NC3CCCCC3)C(=O)N21. The second-order valence-electron chi connectivity index (χ2n) is 7.02. The van der Waals surface area contributed by atoms with Crippen LogP contribution in [0.4, 0.5) is 4.79 Å². The predicted molar refractivity (Wildman–Crippen MR) is 84.7 cm³/mol. The van der Waals surface area contributed by atoms with Gasteiger partial charge in [0.05, 0.1) is 6.04 Å². The summed E-state index contributed by atoms with van der Waals surface area (Å²) in [6.07, 6.45) is 5.63. The molecule has 0 spiro atoms. The van der Waals surface area contributed by atoms with Crippen molar-refractivity contribution in [1.29, 1.82) is 0 Å². The van der Waals surface area contributed by atoms with Gasteiger partial charge in [-0.15, -0.1) is 0 Å². The first-order chi connectivity index (χ1) is 11.0. The Morgan fingerprint density at radius 2 is 1.87 bits per heavy atom. The second kappa shape index (κ2) is 6.37. The summed E-state index contributed by atoms with van der Waals surface area (Å²) in [4.78, 5) is 41.7. The van der Waals surface area contributed by atoms with E-state index in [0.29, 0.717) is 13.1 Å². The molecule has 2 atom stereocenters. The molecule has 23 heavy (non-hydrogen) atoms. The van der Waals surface area contributed by atoms with Gasteiger partial charge in [0.15, 0.2) is 0 Å². The molecule has 4 amide bonds. The van der Waals surface area contributed by atoms with E-state index in [-0.39, 0.29) is 36.5 Å². The molecule has 3 fully saturated rings. The van der Waals surface area contributed by atoms with Gasteiger partial charge in [0.2, 0.25) is 11.8 Å². The highest BCUT2D eigenvalue weighted by Crippen LogP contribution is 2.24. The van der Waals surface area contributed by atoms with Crippen LogP contribution >= 0.6 is 0 Å². The molecular weight excluding hydrogens is 296 g/mol. The maximum Gasteiger partial charge on any atom is 0.321 e. The van der Waals surface area contributed by atoms with E-state index >= 15 is 0 Å². The van der Waals surface area contributed by atoms with Crippen LogP contribution in [0.5, 0.6) is 0 Å². The summed E-state index contributed by atoms with van der Waals surface area (Å²) in [6.45, 7) is 2.90. The number of urea groups is 1. The van der Waals surface area contributed by atoms with Gasteiger partial charge in [0.25, 0.3) is 0 Å². The van der Waals surface area contributed by atoms with Crippen molar-refractivity contribution in [2.24, 2.45) is 0 Å². The minimum absolute atomic E-state index is 0.0114. The Balaban J connectivity index is 1.58. The normalized spacial score (nSPS) is 29.0. The number of likely N-dealkylation sites (N-methyl/N-ethyl adjacent to an activating group) is 1. The topological polar surface area (TPSA) is 73.0 Å². The first-order valence-corrected chi connectivity index (χ1v) is 8.59. The Morgan fingerprint density at radius 3 is 2.57 bits per heavy atom. The van der Waals surface area contributed by atoms with Gasteiger partial charge in [-0.25, -0.2) is 4.79 Å². The fourth-order valence-corrected chi connectivity index (χ4v) is 4.04. The smallest absolute Gasteiger partial charge is 0.321 e. The van der Waals surface area contributed by atoms with Crippen LogP contribution in [0, 0.1) is 0 Å². The Labute approximate surface area is 137 Å². The minimum Gasteiger partial charge on any atom is -0.352 e. The maximum atomic E-state index is 12.5. The maximum absolute atomic E-state index is 12.5. The summed E-state index contributed by atoms with van der Waals surface area (Å²) in [5.74, 6) is -0.125. The van der Waals surface area contributed by atoms with Gasteiger partial charge in [-0.2, -0.15) is 0 Å². The van der Waals surface area contributed by atoms with E-state index in [9.17, 15) is 14.4 Å². The first-order valence-electron chi connectivity index (χ1n) is 8.59. The van der Waals surface area contributed by atoms with Crippen molar-refractivity contribution >= 4 is 17.8 Å². The van der Waals surface area contributed by atoms with Crippen LogP contribution in [0.3, 0.4) is 0 Å². The van der Waals surface area contributed by atoms with Gasteiger partial charge < -0.3 is 20.0 Å². The summed E-state index contributed by atoms with van der Waals surface area (Å²) < 4.78 is 0. The van der Waals surface area contributed by atoms with Crippen molar-refractivity contribution in [3.05, 3.63) is 0 Å². The van der Waals surface area contributed by atoms with E-state index in [4.69, 9.17) is 0 Å². The van der Waals surface area contributed by atoms with Crippen LogP contribution < -0.4 is 5.32 Å². The zero-order valence-electron chi connectivity index (χ0n) is 14.0. The Morgan fingerprint density at radius 1 is 1.17 bits per heavy atom. The third-order valence-corrected chi connectivity index (χ3v) is 5.26. The number of carbonyl (C=O) groups is 3. The number of rotatable bonds is 3. The zero-order chi connectivity index (χ0) is 16.6. The summed E-state index contributed by atoms with van der Waals surface area (Å²) in [5, 5.41) is 3.05. The van der Waals surface area contributed by atoms with Crippen molar-refractivity contribution in [2.45, 2.75) is 57.2 Å². The number of nitrogens with zero attached hydrogens (tertiary/aromatic N) is 3. The van der Waals surface area contributed by atoms with Crippen molar-refractivity contribution in [1.82, 2.24) is 20.0 Å². The lowest BCUT2D eigenvalue weighted by Crippen LogP contribution is -2.59. The zero-order valence-corrected chi connectivity index (χ0v) is 14.0. The van der Waals surface area contributed by atoms with E-state index in [2.05, 4.69) is 5.32 Å². The lowest BCUT2D eigenvalue weighted by Gasteiger charge is -2.38. The molecule has 0 bridgehead atoms. The average Bonchev–Trinajstić information content (AvgIpc) is 2.82. The molecule has 7 nitrogen and oxygen atoms in total. The molecule has 1 aliphatic carbocycles. The Hall–Kier alpha value is -1.79. The van der Waals surface area contributed by atoms with Crippen LogP contribution in [0.25, 0.3) is 0 Å². The molecule has 1 saturated carbocycles. The molecule has 0 aromatic carbocycles. The molecule has 128 valence electrons. The third kappa shape index (κ3) is 3.14. The quantitative estimate of drug-likeness (QED) is 0.817. The van der Waals surface area contributed by atoms with Crippen molar-refractivity contribution in [3.63, 3.8) is 0 Å². The van der Waals surface area contributed by atoms with E-state index in [1.165, 1.54) is 6.42 Å². The van der Waals surface area contributed by atoms with Crippen LogP contribution in [0.2, 0.25) is 0 Å². The predicted octanol–water partition coefficient (Wildman–Crippen LogP) is 0.402. The fourth-order valence-electron chi connectivity index (χ4n) is 4.04. The molecular formula is C16H26N4O3. The molecule has 7 heteroatoms. The molecule has 3 rings (SSSR count). The lowest BCUT2D eigenvalue weighted by molar-refractivity contribution is -0.139. The lowest BCUT2D eigenvalue weighted by atomic mass is 9.95. The number of piperazine rings is 1. The van der Waals surface area contributed by atoms with Crippen LogP contribution in [-0.2, 0) is 9.59 Å². The van der Waals surface area contributed by atoms with E-state index in [0.717, 1.165) is 25.7 Å². The molecule has 0 radical (unpaired) electrons. The number of hydrogen-bond acceptors (Lipinski definition) is 3. The number of fused-ring (bicyclic) bond motifs is 1. The van der Waals surface area contributed by atoms with Crippen LogP contribution in [0.1, 0.15) is 39.0 Å². The summed E-state index contributed by atoms with van der Waals surface area (Å²) in [5.41, 5.74) is 0. The van der Waals surface area contributed by atoms with Gasteiger partial charge in [-0.3, -0.25) is 9.59 Å². The highest BCUT2D eigenvalue weighted by molar-refractivity contribution is 5.91. The largest absolute Gasteiger partial charge is 0.352 e. The number of amides is 4. The van der Waals surface area contributed by atoms with E-state index in [1.807, 2.05) is 0 Å². The standard InChI is InChI=1S/C16H26N4O3/c1-11-15(22)18(2)8-13-9-19(16(23)20(11)13)10-14(21)17-12-6-4-3-5-7-12/h11-13H,3-10H2,1-2H3,(H,17,21)/t11-,13-/m0/s1. The van der Waals surface area contributed by atoms with E-state index < -0.39 is 6.04 Å². The van der Waals surface area contributed by atoms with Gasteiger partial charge in [-0.05, 0) is 19.8 Å². The number of carbonyl (C=O) groups excluding carboxylic acids is 3. The van der Waals surface area contributed by atoms with E-state index in [1.54, 1.807) is 28.7 Å². The molecule has 2 heterocycles. The van der Waals surface area contributed by atoms with Crippen molar-refractivity contribution in [2.75, 3.05) is 26.7 Å². The summed E-state index contributed by atoms with van der Waals surface area (Å²) >= 11 is 0. The average molecular weight is 322 g/mol. The molecule has 0 aromatic heterocycles. The van der Waals surface area contributed by atoms with Crippen LogP contribution in [-0.4, -0.2) is 77.4 Å². The fraction of sp³-hybridized carbons (Fsp3) is 0.812. The molecule has 1 N–H and O–H groups in total. The van der Waals surface area contributed by atoms with Gasteiger partial charge in [0.1, 0.15) is 12.6 Å². The second-order valence-corrected chi connectivity index (χ2v) is 7.02. The van der Waals surface area contributed by atoms with Crippen molar-refractivity contribution < 1.29 is 14.4 Å². The first kappa shape index (κ1) is 16.1. The highest BCUT2D eigenvalue weighted by atomic mass is 16.2. The molecule has 2 aliphatic heterocycles. The molecule has 0 unspecified atom stereocenters. The molecule has 3 aliphatic rings. The van der Waals surface area contributed by atoms with Gasteiger partial charge in [0, 0.05) is 26.2 Å². The number of hydrogen-bond donors (Lipinski definition) is 1. The third-order valence-electron chi connectivity index (χ3n) is 5.26. The molecule has 2 saturated heterocycles. The van der Waals surface area contributed by atoms with Gasteiger partial charge >= 0.3 is 6.03 Å². The Bertz CT molecular complexity index is 504. The van der Waals surface area contributed by atoms with Gasteiger partial charge in [-0.1, -0.05) is 19.3 Å². The minimum atomic E-state index is -0.447. The Kier molecular flexibility index (Phi) is 4.46. The monoisotopic (exact) mass is 322 g/mol. The molecule has 0 aromatic rings. The summed E-state index contributed by atoms with van der Waals surface area (Å²) in [7, 11) is 1.76. The summed E-state index contributed by atoms with van der Waals surface area (Å²) in [6, 6.07) is -0.397. The highest BCUT2D eigenvalue weighted by Gasteiger charge is 2.47. The number of nitrogens with one attached hydrogen (secondary N) is 1.